The molecule has 0 saturated heterocycles. The first-order valence-electron chi connectivity index (χ1n) is 10.3. The molecule has 4 fully saturated rings. The molecule has 0 aromatic rings. The third-order valence-corrected chi connectivity index (χ3v) is 8.80. The highest BCUT2D eigenvalue weighted by molar-refractivity contribution is 5.84. The Balaban J connectivity index is 1.99. The average molecular weight is 406 g/mol. The van der Waals surface area contributed by atoms with Gasteiger partial charge in [0.25, 0.3) is 0 Å². The van der Waals surface area contributed by atoms with Gasteiger partial charge < -0.3 is 24.5 Å². The SMILES string of the molecule is C=C1C[C@]23C[C@@]1(O)CC[C@H]2[C@]1(C=O)C[C@H](O)C[C@@](C)(C(=O)OC)[C@H]1[C@@H]3C(=O)OC. The van der Waals surface area contributed by atoms with Gasteiger partial charge in [0.15, 0.2) is 0 Å². The summed E-state index contributed by atoms with van der Waals surface area (Å²) in [6, 6.07) is 0. The fraction of sp³-hybridized carbons (Fsp3) is 0.773. The van der Waals surface area contributed by atoms with E-state index in [9.17, 15) is 24.6 Å². The molecule has 7 nitrogen and oxygen atoms in total. The lowest BCUT2D eigenvalue weighted by molar-refractivity contribution is -0.177. The molecule has 29 heavy (non-hydrogen) atoms. The zero-order chi connectivity index (χ0) is 21.4. The van der Waals surface area contributed by atoms with Crippen molar-refractivity contribution in [3.05, 3.63) is 12.2 Å². The summed E-state index contributed by atoms with van der Waals surface area (Å²) >= 11 is 0. The minimum atomic E-state index is -1.22. The Bertz CT molecular complexity index is 792. The fourth-order valence-corrected chi connectivity index (χ4v) is 8.05. The maximum Gasteiger partial charge on any atom is 0.311 e. The molecule has 2 N–H and O–H groups in total. The molecule has 4 rings (SSSR count). The van der Waals surface area contributed by atoms with Crippen LogP contribution in [0.3, 0.4) is 0 Å². The topological polar surface area (TPSA) is 110 Å². The highest BCUT2D eigenvalue weighted by Gasteiger charge is 2.79. The number of ether oxygens (including phenoxy) is 2. The Hall–Kier alpha value is -1.73. The lowest BCUT2D eigenvalue weighted by Crippen LogP contribution is -2.56. The maximum absolute atomic E-state index is 13.2. The van der Waals surface area contributed by atoms with Crippen molar-refractivity contribution >= 4 is 18.2 Å². The second kappa shape index (κ2) is 6.14. The van der Waals surface area contributed by atoms with E-state index in [1.165, 1.54) is 14.2 Å². The van der Waals surface area contributed by atoms with Gasteiger partial charge in [0.05, 0.1) is 37.3 Å². The minimum Gasteiger partial charge on any atom is -0.469 e. The number of hydrogen-bond donors (Lipinski definition) is 2. The van der Waals surface area contributed by atoms with Crippen molar-refractivity contribution in [3.63, 3.8) is 0 Å². The standard InChI is InChI=1S/C22H30O7/c1-12-7-20-10-22(12,27)6-5-14(20)21(11-23)9-13(24)8-19(2,18(26)29-4)16(21)15(20)17(25)28-3/h11,13-16,24,27H,1,5-10H2,2-4H3/t13-,14-,15-,16-,19-,20+,21-,22+/m1/s1. The summed E-state index contributed by atoms with van der Waals surface area (Å²) in [7, 11) is 2.58. The van der Waals surface area contributed by atoms with E-state index in [1.807, 2.05) is 0 Å². The summed E-state index contributed by atoms with van der Waals surface area (Å²) in [6.45, 7) is 5.77. The number of aldehydes is 1. The number of aliphatic hydroxyl groups excluding tert-OH is 1. The molecule has 0 amide bonds. The molecule has 0 aromatic carbocycles. The predicted molar refractivity (Wildman–Crippen MR) is 101 cm³/mol. The summed E-state index contributed by atoms with van der Waals surface area (Å²) in [5, 5.41) is 21.9. The predicted octanol–water partition coefficient (Wildman–Crippen LogP) is 1.40. The van der Waals surface area contributed by atoms with Gasteiger partial charge >= 0.3 is 11.9 Å². The van der Waals surface area contributed by atoms with Crippen molar-refractivity contribution in [1.82, 2.24) is 0 Å². The molecule has 0 aliphatic heterocycles. The summed E-state index contributed by atoms with van der Waals surface area (Å²) in [6.07, 6.45) is 2.03. The number of aliphatic hydroxyl groups is 2. The van der Waals surface area contributed by atoms with Crippen molar-refractivity contribution in [2.24, 2.45) is 34.0 Å². The van der Waals surface area contributed by atoms with Crippen molar-refractivity contribution in [1.29, 1.82) is 0 Å². The largest absolute Gasteiger partial charge is 0.469 e. The molecular weight excluding hydrogens is 376 g/mol. The number of rotatable bonds is 3. The van der Waals surface area contributed by atoms with Crippen LogP contribution in [0.2, 0.25) is 0 Å². The van der Waals surface area contributed by atoms with Gasteiger partial charge in [-0.3, -0.25) is 9.59 Å². The van der Waals surface area contributed by atoms with Gasteiger partial charge in [-0.2, -0.15) is 0 Å². The van der Waals surface area contributed by atoms with Crippen LogP contribution in [0.4, 0.5) is 0 Å². The van der Waals surface area contributed by atoms with Gasteiger partial charge in [-0.25, -0.2) is 0 Å². The monoisotopic (exact) mass is 406 g/mol. The summed E-state index contributed by atoms with van der Waals surface area (Å²) in [5.74, 6) is -2.70. The van der Waals surface area contributed by atoms with Gasteiger partial charge in [-0.15, -0.1) is 0 Å². The molecule has 0 heterocycles. The van der Waals surface area contributed by atoms with E-state index in [0.29, 0.717) is 31.3 Å². The first-order valence-corrected chi connectivity index (χ1v) is 10.3. The molecule has 4 saturated carbocycles. The van der Waals surface area contributed by atoms with E-state index in [0.717, 1.165) is 6.29 Å². The molecule has 4 aliphatic rings. The molecule has 8 atom stereocenters. The second-order valence-corrected chi connectivity index (χ2v) is 9.99. The van der Waals surface area contributed by atoms with E-state index in [-0.39, 0.29) is 18.8 Å². The zero-order valence-corrected chi connectivity index (χ0v) is 17.3. The number of carbonyl (C=O) groups excluding carboxylic acids is 3. The molecule has 0 unspecified atom stereocenters. The molecule has 160 valence electrons. The van der Waals surface area contributed by atoms with E-state index in [4.69, 9.17) is 9.47 Å². The van der Waals surface area contributed by atoms with E-state index >= 15 is 0 Å². The van der Waals surface area contributed by atoms with Crippen LogP contribution >= 0.6 is 0 Å². The molecular formula is C22H30O7. The van der Waals surface area contributed by atoms with Crippen LogP contribution in [0, 0.1) is 34.0 Å². The lowest BCUT2D eigenvalue weighted by Gasteiger charge is -2.51. The van der Waals surface area contributed by atoms with Crippen LogP contribution in [0.5, 0.6) is 0 Å². The Morgan fingerprint density at radius 1 is 1.24 bits per heavy atom. The first-order chi connectivity index (χ1) is 13.5. The Morgan fingerprint density at radius 2 is 1.93 bits per heavy atom. The Kier molecular flexibility index (Phi) is 4.35. The minimum absolute atomic E-state index is 0.113. The normalized spacial score (nSPS) is 50.4. The Labute approximate surface area is 170 Å². The molecule has 0 radical (unpaired) electrons. The van der Waals surface area contributed by atoms with Gasteiger partial charge in [-0.05, 0) is 62.4 Å². The van der Waals surface area contributed by atoms with E-state index in [1.54, 1.807) is 6.92 Å². The van der Waals surface area contributed by atoms with Crippen molar-refractivity contribution < 1.29 is 34.1 Å². The molecule has 0 aromatic heterocycles. The molecule has 1 spiro atoms. The summed E-state index contributed by atoms with van der Waals surface area (Å²) in [4.78, 5) is 38.9. The van der Waals surface area contributed by atoms with E-state index < -0.39 is 51.7 Å². The Morgan fingerprint density at radius 3 is 2.52 bits per heavy atom. The summed E-state index contributed by atoms with van der Waals surface area (Å²) in [5.41, 5.74) is -3.40. The molecule has 7 heteroatoms. The number of esters is 2. The zero-order valence-electron chi connectivity index (χ0n) is 17.3. The van der Waals surface area contributed by atoms with Crippen molar-refractivity contribution in [2.75, 3.05) is 14.2 Å². The van der Waals surface area contributed by atoms with Crippen molar-refractivity contribution in [2.45, 2.75) is 57.2 Å². The van der Waals surface area contributed by atoms with Crippen LogP contribution in [0.15, 0.2) is 12.2 Å². The molecule has 2 bridgehead atoms. The van der Waals surface area contributed by atoms with Gasteiger partial charge in [-0.1, -0.05) is 6.58 Å². The van der Waals surface area contributed by atoms with E-state index in [2.05, 4.69) is 6.58 Å². The number of methoxy groups -OCH3 is 2. The second-order valence-electron chi connectivity index (χ2n) is 9.99. The van der Waals surface area contributed by atoms with Gasteiger partial charge in [0.2, 0.25) is 0 Å². The smallest absolute Gasteiger partial charge is 0.311 e. The third kappa shape index (κ3) is 2.29. The van der Waals surface area contributed by atoms with Crippen LogP contribution < -0.4 is 0 Å². The lowest BCUT2D eigenvalue weighted by atomic mass is 9.52. The van der Waals surface area contributed by atoms with Gasteiger partial charge in [0.1, 0.15) is 6.29 Å². The van der Waals surface area contributed by atoms with Crippen LogP contribution in [-0.2, 0) is 23.9 Å². The van der Waals surface area contributed by atoms with Crippen molar-refractivity contribution in [3.8, 4) is 0 Å². The van der Waals surface area contributed by atoms with Crippen LogP contribution in [-0.4, -0.2) is 54.4 Å². The number of hydrogen-bond acceptors (Lipinski definition) is 7. The fourth-order valence-electron chi connectivity index (χ4n) is 8.05. The maximum atomic E-state index is 13.2. The van der Waals surface area contributed by atoms with Crippen LogP contribution in [0.25, 0.3) is 0 Å². The first kappa shape index (κ1) is 20.5. The highest BCUT2D eigenvalue weighted by atomic mass is 16.5. The van der Waals surface area contributed by atoms with Crippen LogP contribution in [0.1, 0.15) is 45.4 Å². The quantitative estimate of drug-likeness (QED) is 0.414. The highest BCUT2D eigenvalue weighted by Crippen LogP contribution is 2.77. The number of fused-ring (bicyclic) bond motifs is 3. The third-order valence-electron chi connectivity index (χ3n) is 8.80. The van der Waals surface area contributed by atoms with Gasteiger partial charge in [0, 0.05) is 11.3 Å². The average Bonchev–Trinajstić information content (AvgIpc) is 3.04. The molecule has 4 aliphatic carbocycles. The number of carbonyl (C=O) groups is 3. The summed E-state index contributed by atoms with van der Waals surface area (Å²) < 4.78 is 10.3.